The number of carbonyl (C=O) groups excluding carboxylic acids is 1. The zero-order chi connectivity index (χ0) is 12.4. The van der Waals surface area contributed by atoms with Gasteiger partial charge in [0.1, 0.15) is 0 Å². The van der Waals surface area contributed by atoms with Crippen LogP contribution in [0.25, 0.3) is 0 Å². The third-order valence-corrected chi connectivity index (χ3v) is 3.79. The molecule has 2 rings (SSSR count). The lowest BCUT2D eigenvalue weighted by Gasteiger charge is -2.22. The lowest BCUT2D eigenvalue weighted by atomic mass is 10.1. The average Bonchev–Trinajstić information content (AvgIpc) is 3.13. The minimum absolute atomic E-state index is 0.308. The average molecular weight is 296 g/mol. The van der Waals surface area contributed by atoms with E-state index in [1.807, 2.05) is 17.9 Å². The quantitative estimate of drug-likeness (QED) is 0.832. The Morgan fingerprint density at radius 2 is 2.18 bits per heavy atom. The Bertz CT molecular complexity index is 426. The maximum atomic E-state index is 12.1. The summed E-state index contributed by atoms with van der Waals surface area (Å²) in [7, 11) is 0. The van der Waals surface area contributed by atoms with Crippen molar-refractivity contribution in [1.82, 2.24) is 4.90 Å². The predicted octanol–water partition coefficient (Wildman–Crippen LogP) is 3.52. The Labute approximate surface area is 111 Å². The van der Waals surface area contributed by atoms with Crippen molar-refractivity contribution in [3.05, 3.63) is 33.8 Å². The van der Waals surface area contributed by atoms with Crippen molar-refractivity contribution >= 4 is 21.8 Å². The van der Waals surface area contributed by atoms with E-state index in [1.54, 1.807) is 0 Å². The molecule has 1 aromatic rings. The van der Waals surface area contributed by atoms with E-state index in [2.05, 4.69) is 35.0 Å². The summed E-state index contributed by atoms with van der Waals surface area (Å²) in [5.41, 5.74) is 2.48. The number of nitrogens with zero attached hydrogens (tertiary/aromatic N) is 1. The van der Waals surface area contributed by atoms with Gasteiger partial charge in [0, 0.05) is 23.5 Å². The molecular formula is C14H18BrNO. The van der Waals surface area contributed by atoms with Gasteiger partial charge in [-0.3, -0.25) is 4.79 Å². The molecule has 0 unspecified atom stereocenters. The molecule has 0 heterocycles. The van der Waals surface area contributed by atoms with E-state index >= 15 is 0 Å². The van der Waals surface area contributed by atoms with E-state index in [4.69, 9.17) is 0 Å². The Morgan fingerprint density at radius 1 is 1.47 bits per heavy atom. The van der Waals surface area contributed by atoms with Crippen molar-refractivity contribution in [3.63, 3.8) is 0 Å². The van der Waals surface area contributed by atoms with E-state index in [-0.39, 0.29) is 0 Å². The smallest absolute Gasteiger partial charge is 0.225 e. The van der Waals surface area contributed by atoms with Gasteiger partial charge in [0.25, 0.3) is 0 Å². The molecule has 0 bridgehead atoms. The number of hydrogen-bond acceptors (Lipinski definition) is 1. The van der Waals surface area contributed by atoms with Gasteiger partial charge >= 0.3 is 0 Å². The lowest BCUT2D eigenvalue weighted by Crippen LogP contribution is -2.31. The first-order chi connectivity index (χ1) is 8.11. The van der Waals surface area contributed by atoms with Crippen LogP contribution in [0.3, 0.4) is 0 Å². The van der Waals surface area contributed by atoms with Crippen LogP contribution < -0.4 is 0 Å². The molecule has 0 aliphatic heterocycles. The number of benzene rings is 1. The second kappa shape index (κ2) is 5.21. The highest BCUT2D eigenvalue weighted by molar-refractivity contribution is 9.10. The van der Waals surface area contributed by atoms with Crippen molar-refractivity contribution < 1.29 is 4.79 Å². The van der Waals surface area contributed by atoms with Gasteiger partial charge in [-0.2, -0.15) is 0 Å². The molecule has 1 aliphatic rings. The second-order valence-electron chi connectivity index (χ2n) is 4.70. The maximum Gasteiger partial charge on any atom is 0.225 e. The number of amides is 1. The minimum atomic E-state index is 0.308. The summed E-state index contributed by atoms with van der Waals surface area (Å²) in [6.45, 7) is 5.67. The summed E-state index contributed by atoms with van der Waals surface area (Å²) in [4.78, 5) is 14.0. The molecule has 1 aromatic carbocycles. The topological polar surface area (TPSA) is 20.3 Å². The number of carbonyl (C=O) groups is 1. The van der Waals surface area contributed by atoms with Gasteiger partial charge in [-0.1, -0.05) is 22.0 Å². The fraction of sp³-hybridized carbons (Fsp3) is 0.500. The lowest BCUT2D eigenvalue weighted by molar-refractivity contribution is -0.132. The van der Waals surface area contributed by atoms with Crippen molar-refractivity contribution in [2.45, 2.75) is 33.2 Å². The highest BCUT2D eigenvalue weighted by atomic mass is 79.9. The highest BCUT2D eigenvalue weighted by Gasteiger charge is 2.32. The maximum absolute atomic E-state index is 12.1. The zero-order valence-corrected chi connectivity index (χ0v) is 12.0. The molecule has 1 aliphatic carbocycles. The Kier molecular flexibility index (Phi) is 3.87. The molecule has 0 N–H and O–H groups in total. The van der Waals surface area contributed by atoms with Gasteiger partial charge in [0.15, 0.2) is 0 Å². The van der Waals surface area contributed by atoms with Crippen molar-refractivity contribution in [3.8, 4) is 0 Å². The molecule has 0 radical (unpaired) electrons. The molecule has 17 heavy (non-hydrogen) atoms. The van der Waals surface area contributed by atoms with Crippen LogP contribution in [0.1, 0.15) is 30.9 Å². The van der Waals surface area contributed by atoms with E-state index in [0.717, 1.165) is 30.4 Å². The minimum Gasteiger partial charge on any atom is -0.338 e. The molecule has 3 heteroatoms. The first-order valence-electron chi connectivity index (χ1n) is 6.15. The van der Waals surface area contributed by atoms with E-state index in [1.165, 1.54) is 11.1 Å². The predicted molar refractivity (Wildman–Crippen MR) is 72.7 cm³/mol. The molecule has 0 spiro atoms. The third-order valence-electron chi connectivity index (χ3n) is 3.29. The first kappa shape index (κ1) is 12.6. The molecule has 1 amide bonds. The number of rotatable bonds is 4. The molecule has 1 saturated carbocycles. The summed E-state index contributed by atoms with van der Waals surface area (Å²) in [6, 6.07) is 6.24. The van der Waals surface area contributed by atoms with Crippen LogP contribution in [0.4, 0.5) is 0 Å². The molecule has 0 atom stereocenters. The molecule has 92 valence electrons. The van der Waals surface area contributed by atoms with Gasteiger partial charge in [0.05, 0.1) is 0 Å². The summed E-state index contributed by atoms with van der Waals surface area (Å²) >= 11 is 3.48. The van der Waals surface area contributed by atoms with Gasteiger partial charge < -0.3 is 4.90 Å². The van der Waals surface area contributed by atoms with E-state index < -0.39 is 0 Å². The molecule has 2 nitrogen and oxygen atoms in total. The standard InChI is InChI=1S/C14H18BrNO/c1-3-16(14(17)11-5-6-11)9-12-8-13(15)7-4-10(12)2/h4,7-8,11H,3,5-6,9H2,1-2H3. The number of aryl methyl sites for hydroxylation is 1. The molecule has 0 aromatic heterocycles. The normalized spacial score (nSPS) is 14.8. The third kappa shape index (κ3) is 3.09. The Hall–Kier alpha value is -0.830. The SMILES string of the molecule is CCN(Cc1cc(Br)ccc1C)C(=O)C1CC1. The summed E-state index contributed by atoms with van der Waals surface area (Å²) in [5.74, 6) is 0.634. The van der Waals surface area contributed by atoms with Crippen LogP contribution in [0.2, 0.25) is 0 Å². The first-order valence-corrected chi connectivity index (χ1v) is 6.95. The van der Waals surface area contributed by atoms with Gasteiger partial charge in [-0.15, -0.1) is 0 Å². The van der Waals surface area contributed by atoms with Crippen LogP contribution >= 0.6 is 15.9 Å². The van der Waals surface area contributed by atoms with Crippen LogP contribution in [0, 0.1) is 12.8 Å². The van der Waals surface area contributed by atoms with Gasteiger partial charge in [0.2, 0.25) is 5.91 Å². The van der Waals surface area contributed by atoms with Gasteiger partial charge in [-0.05, 0) is 49.9 Å². The monoisotopic (exact) mass is 295 g/mol. The number of halogens is 1. The molecular weight excluding hydrogens is 278 g/mol. The van der Waals surface area contributed by atoms with Crippen molar-refractivity contribution in [2.75, 3.05) is 6.54 Å². The number of hydrogen-bond donors (Lipinski definition) is 0. The van der Waals surface area contributed by atoms with Crippen LogP contribution in [0.5, 0.6) is 0 Å². The summed E-state index contributed by atoms with van der Waals surface area (Å²) < 4.78 is 1.08. The highest BCUT2D eigenvalue weighted by Crippen LogP contribution is 2.31. The van der Waals surface area contributed by atoms with E-state index in [9.17, 15) is 4.79 Å². The van der Waals surface area contributed by atoms with Crippen LogP contribution in [-0.2, 0) is 11.3 Å². The van der Waals surface area contributed by atoms with Gasteiger partial charge in [-0.25, -0.2) is 0 Å². The van der Waals surface area contributed by atoms with E-state index in [0.29, 0.717) is 11.8 Å². The van der Waals surface area contributed by atoms with Crippen LogP contribution in [0.15, 0.2) is 22.7 Å². The second-order valence-corrected chi connectivity index (χ2v) is 5.61. The zero-order valence-electron chi connectivity index (χ0n) is 10.4. The molecule has 0 saturated heterocycles. The largest absolute Gasteiger partial charge is 0.338 e. The van der Waals surface area contributed by atoms with Crippen molar-refractivity contribution in [1.29, 1.82) is 0 Å². The Morgan fingerprint density at radius 3 is 2.76 bits per heavy atom. The summed E-state index contributed by atoms with van der Waals surface area (Å²) in [5, 5.41) is 0. The van der Waals surface area contributed by atoms with Crippen LogP contribution in [-0.4, -0.2) is 17.4 Å². The summed E-state index contributed by atoms with van der Waals surface area (Å²) in [6.07, 6.45) is 2.15. The Balaban J connectivity index is 2.11. The molecule has 1 fully saturated rings. The fourth-order valence-corrected chi connectivity index (χ4v) is 2.36. The fourth-order valence-electron chi connectivity index (χ4n) is 1.95. The van der Waals surface area contributed by atoms with Crippen molar-refractivity contribution in [2.24, 2.45) is 5.92 Å².